The van der Waals surface area contributed by atoms with Crippen LogP contribution in [0.5, 0.6) is 0 Å². The molecule has 1 aliphatic heterocycles. The van der Waals surface area contributed by atoms with Crippen LogP contribution >= 0.6 is 12.4 Å². The molecule has 1 aromatic rings. The lowest BCUT2D eigenvalue weighted by Gasteiger charge is -2.27. The Labute approximate surface area is 94.5 Å². The van der Waals surface area contributed by atoms with Gasteiger partial charge in [-0.3, -0.25) is 0 Å². The molecule has 1 fully saturated rings. The second-order valence-corrected chi connectivity index (χ2v) is 3.13. The first-order valence-electron chi connectivity index (χ1n) is 4.59. The molecule has 80 valence electrons. The molecule has 1 N–H and O–H groups in total. The Balaban J connectivity index is 0.00000112. The lowest BCUT2D eigenvalue weighted by molar-refractivity contribution is 0.582. The zero-order valence-electron chi connectivity index (χ0n) is 8.18. The SMILES string of the molecule is Cl.N#Cc1ccc(N2CCNCC2)nn1. The van der Waals surface area contributed by atoms with Crippen LogP contribution in [-0.4, -0.2) is 36.4 Å². The zero-order valence-corrected chi connectivity index (χ0v) is 9.00. The van der Waals surface area contributed by atoms with Crippen molar-refractivity contribution < 1.29 is 0 Å². The van der Waals surface area contributed by atoms with Crippen molar-refractivity contribution in [1.29, 1.82) is 5.26 Å². The van der Waals surface area contributed by atoms with Crippen LogP contribution < -0.4 is 10.2 Å². The summed E-state index contributed by atoms with van der Waals surface area (Å²) >= 11 is 0. The molecular weight excluding hydrogens is 214 g/mol. The van der Waals surface area contributed by atoms with E-state index in [-0.39, 0.29) is 12.4 Å². The average Bonchev–Trinajstić information content (AvgIpc) is 2.30. The first-order valence-corrected chi connectivity index (χ1v) is 4.59. The maximum absolute atomic E-state index is 8.56. The Morgan fingerprint density at radius 3 is 2.53 bits per heavy atom. The minimum absolute atomic E-state index is 0. The van der Waals surface area contributed by atoms with Crippen LogP contribution in [-0.2, 0) is 0 Å². The van der Waals surface area contributed by atoms with Gasteiger partial charge in [-0.2, -0.15) is 5.26 Å². The molecule has 0 saturated carbocycles. The van der Waals surface area contributed by atoms with Gasteiger partial charge in [0, 0.05) is 26.2 Å². The van der Waals surface area contributed by atoms with Gasteiger partial charge >= 0.3 is 0 Å². The summed E-state index contributed by atoms with van der Waals surface area (Å²) in [6.45, 7) is 3.84. The molecule has 0 bridgehead atoms. The molecule has 0 spiro atoms. The molecule has 0 unspecified atom stereocenters. The molecule has 1 aromatic heterocycles. The molecule has 15 heavy (non-hydrogen) atoms. The van der Waals surface area contributed by atoms with E-state index in [1.54, 1.807) is 6.07 Å². The highest BCUT2D eigenvalue weighted by Crippen LogP contribution is 2.09. The monoisotopic (exact) mass is 225 g/mol. The number of hydrogen-bond donors (Lipinski definition) is 1. The largest absolute Gasteiger partial charge is 0.353 e. The molecule has 0 aromatic carbocycles. The fourth-order valence-corrected chi connectivity index (χ4v) is 1.45. The van der Waals surface area contributed by atoms with Crippen molar-refractivity contribution in [2.24, 2.45) is 0 Å². The van der Waals surface area contributed by atoms with Crippen LogP contribution in [0.1, 0.15) is 5.69 Å². The van der Waals surface area contributed by atoms with Crippen molar-refractivity contribution in [3.8, 4) is 6.07 Å². The second kappa shape index (κ2) is 5.49. The van der Waals surface area contributed by atoms with E-state index in [2.05, 4.69) is 20.4 Å². The number of anilines is 1. The van der Waals surface area contributed by atoms with Gasteiger partial charge in [-0.05, 0) is 12.1 Å². The van der Waals surface area contributed by atoms with Crippen LogP contribution in [0.4, 0.5) is 5.82 Å². The normalized spacial score (nSPS) is 15.3. The third-order valence-electron chi connectivity index (χ3n) is 2.21. The Bertz CT molecular complexity index is 339. The number of nitrogens with zero attached hydrogens (tertiary/aromatic N) is 4. The third-order valence-corrected chi connectivity index (χ3v) is 2.21. The van der Waals surface area contributed by atoms with Gasteiger partial charge in [0.2, 0.25) is 0 Å². The number of halogens is 1. The van der Waals surface area contributed by atoms with Crippen LogP contribution in [0.2, 0.25) is 0 Å². The van der Waals surface area contributed by atoms with Crippen molar-refractivity contribution in [3.63, 3.8) is 0 Å². The van der Waals surface area contributed by atoms with Crippen LogP contribution in [0.3, 0.4) is 0 Å². The summed E-state index contributed by atoms with van der Waals surface area (Å²) in [5.41, 5.74) is 0.365. The predicted molar refractivity (Wildman–Crippen MR) is 59.1 cm³/mol. The van der Waals surface area contributed by atoms with Gasteiger partial charge in [-0.25, -0.2) is 0 Å². The third kappa shape index (κ3) is 2.78. The van der Waals surface area contributed by atoms with E-state index in [0.717, 1.165) is 32.0 Å². The summed E-state index contributed by atoms with van der Waals surface area (Å²) in [5.74, 6) is 0.852. The Morgan fingerprint density at radius 1 is 1.27 bits per heavy atom. The van der Waals surface area contributed by atoms with E-state index < -0.39 is 0 Å². The standard InChI is InChI=1S/C9H11N5.ClH/c10-7-8-1-2-9(13-12-8)14-5-3-11-4-6-14;/h1-2,11H,3-6H2;1H. The molecule has 2 heterocycles. The molecule has 5 nitrogen and oxygen atoms in total. The van der Waals surface area contributed by atoms with E-state index in [1.165, 1.54) is 0 Å². The highest BCUT2D eigenvalue weighted by atomic mass is 35.5. The van der Waals surface area contributed by atoms with Gasteiger partial charge in [0.15, 0.2) is 11.5 Å². The summed E-state index contributed by atoms with van der Waals surface area (Å²) in [5, 5.41) is 19.6. The molecule has 0 amide bonds. The van der Waals surface area contributed by atoms with Crippen molar-refractivity contribution in [2.45, 2.75) is 0 Å². The predicted octanol–water partition coefficient (Wildman–Crippen LogP) is 0.180. The topological polar surface area (TPSA) is 64.8 Å². The smallest absolute Gasteiger partial charge is 0.163 e. The molecule has 0 radical (unpaired) electrons. The molecule has 2 rings (SSSR count). The number of nitrogens with one attached hydrogen (secondary N) is 1. The van der Waals surface area contributed by atoms with Gasteiger partial charge in [0.05, 0.1) is 0 Å². The van der Waals surface area contributed by atoms with Crippen molar-refractivity contribution in [2.75, 3.05) is 31.1 Å². The maximum Gasteiger partial charge on any atom is 0.163 e. The van der Waals surface area contributed by atoms with Crippen molar-refractivity contribution >= 4 is 18.2 Å². The van der Waals surface area contributed by atoms with Gasteiger partial charge < -0.3 is 10.2 Å². The van der Waals surface area contributed by atoms with E-state index in [4.69, 9.17) is 5.26 Å². The first kappa shape index (κ1) is 11.7. The summed E-state index contributed by atoms with van der Waals surface area (Å²) in [6.07, 6.45) is 0. The van der Waals surface area contributed by atoms with Gasteiger partial charge in [0.1, 0.15) is 6.07 Å². The van der Waals surface area contributed by atoms with Crippen molar-refractivity contribution in [1.82, 2.24) is 15.5 Å². The Hall–Kier alpha value is -1.38. The summed E-state index contributed by atoms with van der Waals surface area (Å²) in [7, 11) is 0. The molecule has 1 aliphatic rings. The van der Waals surface area contributed by atoms with Gasteiger partial charge in [0.25, 0.3) is 0 Å². The highest BCUT2D eigenvalue weighted by Gasteiger charge is 2.11. The fourth-order valence-electron chi connectivity index (χ4n) is 1.45. The Kier molecular flexibility index (Phi) is 4.28. The molecule has 1 saturated heterocycles. The van der Waals surface area contributed by atoms with E-state index in [1.807, 2.05) is 12.1 Å². The first-order chi connectivity index (χ1) is 6.90. The lowest BCUT2D eigenvalue weighted by atomic mass is 10.3. The Morgan fingerprint density at radius 2 is 2.00 bits per heavy atom. The van der Waals surface area contributed by atoms with Crippen LogP contribution in [0.25, 0.3) is 0 Å². The molecular formula is C9H12ClN5. The van der Waals surface area contributed by atoms with E-state index >= 15 is 0 Å². The number of rotatable bonds is 1. The van der Waals surface area contributed by atoms with Gasteiger partial charge in [-0.15, -0.1) is 22.6 Å². The number of piperazine rings is 1. The number of aromatic nitrogens is 2. The zero-order chi connectivity index (χ0) is 9.80. The summed E-state index contributed by atoms with van der Waals surface area (Å²) in [6, 6.07) is 5.50. The van der Waals surface area contributed by atoms with E-state index in [9.17, 15) is 0 Å². The van der Waals surface area contributed by atoms with Crippen molar-refractivity contribution in [3.05, 3.63) is 17.8 Å². The summed E-state index contributed by atoms with van der Waals surface area (Å²) in [4.78, 5) is 2.16. The molecule has 0 atom stereocenters. The van der Waals surface area contributed by atoms with Crippen LogP contribution in [0, 0.1) is 11.3 Å². The number of nitriles is 1. The minimum Gasteiger partial charge on any atom is -0.353 e. The maximum atomic E-state index is 8.56. The van der Waals surface area contributed by atoms with Gasteiger partial charge in [-0.1, -0.05) is 0 Å². The van der Waals surface area contributed by atoms with E-state index in [0.29, 0.717) is 5.69 Å². The second-order valence-electron chi connectivity index (χ2n) is 3.13. The highest BCUT2D eigenvalue weighted by molar-refractivity contribution is 5.85. The molecule has 6 heteroatoms. The quantitative estimate of drug-likeness (QED) is 0.739. The molecule has 0 aliphatic carbocycles. The minimum atomic E-state index is 0. The lowest BCUT2D eigenvalue weighted by Crippen LogP contribution is -2.43. The summed E-state index contributed by atoms with van der Waals surface area (Å²) < 4.78 is 0. The average molecular weight is 226 g/mol. The van der Waals surface area contributed by atoms with Crippen LogP contribution in [0.15, 0.2) is 12.1 Å². The fraction of sp³-hybridized carbons (Fsp3) is 0.444. The number of hydrogen-bond acceptors (Lipinski definition) is 5.